The molecule has 0 radical (unpaired) electrons. The maximum atomic E-state index is 5.43. The molecule has 2 heterocycles. The average Bonchev–Trinajstić information content (AvgIpc) is 2.88. The standard InChI is InChI=1S/C15H19N3O/c1-10-6-11(2)8-13(7-10)15-17-14(18-19-15)12-4-3-5-16-9-12/h6-8,12,16H,3-5,9H2,1-2H3. The first-order valence-corrected chi connectivity index (χ1v) is 6.85. The Morgan fingerprint density at radius 2 is 2.00 bits per heavy atom. The van der Waals surface area contributed by atoms with E-state index in [0.29, 0.717) is 11.8 Å². The third-order valence-corrected chi connectivity index (χ3v) is 3.57. The van der Waals surface area contributed by atoms with Crippen LogP contribution in [0.15, 0.2) is 22.7 Å². The van der Waals surface area contributed by atoms with Gasteiger partial charge in [-0.2, -0.15) is 4.98 Å². The van der Waals surface area contributed by atoms with Crippen molar-refractivity contribution in [3.05, 3.63) is 35.2 Å². The fraction of sp³-hybridized carbons (Fsp3) is 0.467. The van der Waals surface area contributed by atoms with E-state index >= 15 is 0 Å². The van der Waals surface area contributed by atoms with E-state index in [9.17, 15) is 0 Å². The van der Waals surface area contributed by atoms with Gasteiger partial charge in [0.25, 0.3) is 5.89 Å². The monoisotopic (exact) mass is 257 g/mol. The second-order valence-corrected chi connectivity index (χ2v) is 5.38. The van der Waals surface area contributed by atoms with Gasteiger partial charge >= 0.3 is 0 Å². The van der Waals surface area contributed by atoms with Crippen LogP contribution < -0.4 is 5.32 Å². The summed E-state index contributed by atoms with van der Waals surface area (Å²) in [6.45, 7) is 6.21. The van der Waals surface area contributed by atoms with Gasteiger partial charge in [-0.05, 0) is 45.4 Å². The van der Waals surface area contributed by atoms with Crippen LogP contribution in [0.5, 0.6) is 0 Å². The molecule has 0 aliphatic carbocycles. The van der Waals surface area contributed by atoms with Gasteiger partial charge in [-0.15, -0.1) is 0 Å². The molecule has 1 aromatic carbocycles. The van der Waals surface area contributed by atoms with Gasteiger partial charge in [-0.3, -0.25) is 0 Å². The number of aromatic nitrogens is 2. The number of hydrogen-bond acceptors (Lipinski definition) is 4. The lowest BCUT2D eigenvalue weighted by molar-refractivity contribution is 0.393. The highest BCUT2D eigenvalue weighted by Crippen LogP contribution is 2.25. The maximum absolute atomic E-state index is 5.43. The van der Waals surface area contributed by atoms with Crippen LogP contribution in [0, 0.1) is 13.8 Å². The maximum Gasteiger partial charge on any atom is 0.257 e. The Kier molecular flexibility index (Phi) is 3.34. The van der Waals surface area contributed by atoms with E-state index in [-0.39, 0.29) is 0 Å². The Morgan fingerprint density at radius 3 is 2.68 bits per heavy atom. The van der Waals surface area contributed by atoms with Crippen molar-refractivity contribution in [2.24, 2.45) is 0 Å². The first kappa shape index (κ1) is 12.4. The molecule has 19 heavy (non-hydrogen) atoms. The van der Waals surface area contributed by atoms with Crippen molar-refractivity contribution in [2.75, 3.05) is 13.1 Å². The lowest BCUT2D eigenvalue weighted by Gasteiger charge is -2.19. The van der Waals surface area contributed by atoms with Gasteiger partial charge in [0.15, 0.2) is 5.82 Å². The predicted octanol–water partition coefficient (Wildman–Crippen LogP) is 2.82. The van der Waals surface area contributed by atoms with Crippen molar-refractivity contribution in [2.45, 2.75) is 32.6 Å². The molecule has 2 aromatic rings. The molecule has 0 bridgehead atoms. The Morgan fingerprint density at radius 1 is 1.21 bits per heavy atom. The summed E-state index contributed by atoms with van der Waals surface area (Å²) in [5.41, 5.74) is 3.45. The highest BCUT2D eigenvalue weighted by Gasteiger charge is 2.21. The van der Waals surface area contributed by atoms with Crippen LogP contribution in [0.2, 0.25) is 0 Å². The van der Waals surface area contributed by atoms with Gasteiger partial charge in [-0.1, -0.05) is 22.3 Å². The number of hydrogen-bond donors (Lipinski definition) is 1. The number of piperidine rings is 1. The molecular weight excluding hydrogens is 238 g/mol. The van der Waals surface area contributed by atoms with Crippen LogP contribution in [-0.2, 0) is 0 Å². The summed E-state index contributed by atoms with van der Waals surface area (Å²) in [5.74, 6) is 1.85. The number of aryl methyl sites for hydroxylation is 2. The van der Waals surface area contributed by atoms with E-state index in [4.69, 9.17) is 4.52 Å². The number of benzene rings is 1. The van der Waals surface area contributed by atoms with Crippen LogP contribution in [-0.4, -0.2) is 23.2 Å². The van der Waals surface area contributed by atoms with E-state index in [2.05, 4.69) is 47.5 Å². The zero-order valence-corrected chi connectivity index (χ0v) is 11.4. The Bertz CT molecular complexity index is 550. The summed E-state index contributed by atoms with van der Waals surface area (Å²) >= 11 is 0. The molecule has 1 aromatic heterocycles. The van der Waals surface area contributed by atoms with Crippen molar-refractivity contribution >= 4 is 0 Å². The summed E-state index contributed by atoms with van der Waals surface area (Å²) in [4.78, 5) is 4.57. The highest BCUT2D eigenvalue weighted by molar-refractivity contribution is 5.55. The molecular formula is C15H19N3O. The second-order valence-electron chi connectivity index (χ2n) is 5.38. The minimum Gasteiger partial charge on any atom is -0.334 e. The van der Waals surface area contributed by atoms with E-state index in [0.717, 1.165) is 30.9 Å². The molecule has 4 heteroatoms. The molecule has 0 spiro atoms. The zero-order valence-electron chi connectivity index (χ0n) is 11.4. The summed E-state index contributed by atoms with van der Waals surface area (Å²) in [6.07, 6.45) is 2.32. The molecule has 100 valence electrons. The van der Waals surface area contributed by atoms with Crippen molar-refractivity contribution in [1.82, 2.24) is 15.5 Å². The van der Waals surface area contributed by atoms with Crippen molar-refractivity contribution < 1.29 is 4.52 Å². The SMILES string of the molecule is Cc1cc(C)cc(-c2nc(C3CCCNC3)no2)c1. The quantitative estimate of drug-likeness (QED) is 0.898. The molecule has 1 saturated heterocycles. The first-order chi connectivity index (χ1) is 9.22. The lowest BCUT2D eigenvalue weighted by atomic mass is 9.99. The summed E-state index contributed by atoms with van der Waals surface area (Å²) < 4.78 is 5.43. The van der Waals surface area contributed by atoms with Crippen LogP contribution in [0.25, 0.3) is 11.5 Å². The molecule has 1 fully saturated rings. The van der Waals surface area contributed by atoms with Crippen LogP contribution in [0.1, 0.15) is 35.7 Å². The molecule has 0 saturated carbocycles. The van der Waals surface area contributed by atoms with Gasteiger partial charge in [0, 0.05) is 18.0 Å². The van der Waals surface area contributed by atoms with Crippen LogP contribution in [0.3, 0.4) is 0 Å². The minimum atomic E-state index is 0.386. The topological polar surface area (TPSA) is 51.0 Å². The Balaban J connectivity index is 1.87. The molecule has 1 aliphatic rings. The molecule has 1 N–H and O–H groups in total. The first-order valence-electron chi connectivity index (χ1n) is 6.85. The minimum absolute atomic E-state index is 0.386. The zero-order chi connectivity index (χ0) is 13.2. The van der Waals surface area contributed by atoms with Crippen molar-refractivity contribution in [1.29, 1.82) is 0 Å². The van der Waals surface area contributed by atoms with E-state index in [1.54, 1.807) is 0 Å². The molecule has 1 unspecified atom stereocenters. The summed E-state index contributed by atoms with van der Waals surface area (Å²) in [5, 5.41) is 7.53. The largest absolute Gasteiger partial charge is 0.334 e. The van der Waals surface area contributed by atoms with E-state index in [1.807, 2.05) is 0 Å². The van der Waals surface area contributed by atoms with Crippen LogP contribution in [0.4, 0.5) is 0 Å². The average molecular weight is 257 g/mol. The van der Waals surface area contributed by atoms with Gasteiger partial charge in [0.05, 0.1) is 0 Å². The molecule has 4 nitrogen and oxygen atoms in total. The van der Waals surface area contributed by atoms with Crippen molar-refractivity contribution in [3.63, 3.8) is 0 Å². The molecule has 3 rings (SSSR count). The number of rotatable bonds is 2. The normalized spacial score (nSPS) is 19.6. The van der Waals surface area contributed by atoms with Gasteiger partial charge in [0.2, 0.25) is 0 Å². The van der Waals surface area contributed by atoms with E-state index < -0.39 is 0 Å². The predicted molar refractivity (Wildman–Crippen MR) is 74.1 cm³/mol. The smallest absolute Gasteiger partial charge is 0.257 e. The molecule has 1 atom stereocenters. The fourth-order valence-corrected chi connectivity index (χ4v) is 2.69. The Labute approximate surface area is 113 Å². The second kappa shape index (κ2) is 5.13. The summed E-state index contributed by atoms with van der Waals surface area (Å²) in [6, 6.07) is 6.32. The third-order valence-electron chi connectivity index (χ3n) is 3.57. The summed E-state index contributed by atoms with van der Waals surface area (Å²) in [7, 11) is 0. The molecule has 0 amide bonds. The highest BCUT2D eigenvalue weighted by atomic mass is 16.5. The third kappa shape index (κ3) is 2.68. The van der Waals surface area contributed by atoms with Crippen molar-refractivity contribution in [3.8, 4) is 11.5 Å². The van der Waals surface area contributed by atoms with Gasteiger partial charge in [0.1, 0.15) is 0 Å². The van der Waals surface area contributed by atoms with Gasteiger partial charge in [-0.25, -0.2) is 0 Å². The van der Waals surface area contributed by atoms with E-state index in [1.165, 1.54) is 17.5 Å². The lowest BCUT2D eigenvalue weighted by Crippen LogP contribution is -2.28. The van der Waals surface area contributed by atoms with Gasteiger partial charge < -0.3 is 9.84 Å². The van der Waals surface area contributed by atoms with Crippen LogP contribution >= 0.6 is 0 Å². The Hall–Kier alpha value is -1.68. The number of nitrogens with zero attached hydrogens (tertiary/aromatic N) is 2. The number of nitrogens with one attached hydrogen (secondary N) is 1. The fourth-order valence-electron chi connectivity index (χ4n) is 2.69. The molecule has 1 aliphatic heterocycles.